The minimum atomic E-state index is -4.31. The Morgan fingerprint density at radius 2 is 1.59 bits per heavy atom. The van der Waals surface area contributed by atoms with Gasteiger partial charge >= 0.3 is 0 Å². The lowest BCUT2D eigenvalue weighted by molar-refractivity contribution is -0.125. The van der Waals surface area contributed by atoms with E-state index in [1.807, 2.05) is 0 Å². The third kappa shape index (κ3) is 3.24. The van der Waals surface area contributed by atoms with E-state index >= 15 is 0 Å². The second kappa shape index (κ2) is 6.21. The van der Waals surface area contributed by atoms with Crippen molar-refractivity contribution in [2.45, 2.75) is 24.3 Å². The smallest absolute Gasteiger partial charge is 0.240 e. The normalized spacial score (nSPS) is 16.6. The van der Waals surface area contributed by atoms with Crippen LogP contribution in [0.1, 0.15) is 25.0 Å². The Labute approximate surface area is 153 Å². The fourth-order valence-electron chi connectivity index (χ4n) is 2.80. The molecule has 3 rings (SSSR count). The first-order valence-corrected chi connectivity index (χ1v) is 9.23. The van der Waals surface area contributed by atoms with Crippen LogP contribution in [0.3, 0.4) is 0 Å². The van der Waals surface area contributed by atoms with E-state index in [1.165, 1.54) is 13.8 Å². The molecule has 0 aliphatic carbocycles. The largest absolute Gasteiger partial charge is 0.478 e. The van der Waals surface area contributed by atoms with E-state index in [0.29, 0.717) is 0 Å². The molecular weight excluding hydrogens is 383 g/mol. The fourth-order valence-corrected chi connectivity index (χ4v) is 3.38. The van der Waals surface area contributed by atoms with Gasteiger partial charge in [-0.15, -0.1) is 0 Å². The number of Topliss-reactive ketones (excluding diaryl/α,β-unsaturated/α-hetero) is 1. The van der Waals surface area contributed by atoms with Gasteiger partial charge in [-0.05, 0) is 44.2 Å². The summed E-state index contributed by atoms with van der Waals surface area (Å²) in [7, 11) is -4.31. The number of hydrogen-bond acceptors (Lipinski definition) is 4. The van der Waals surface area contributed by atoms with Gasteiger partial charge in [-0.1, -0.05) is 6.07 Å². The number of rotatable bonds is 3. The lowest BCUT2D eigenvalue weighted by atomic mass is 9.92. The molecule has 2 aromatic carbocycles. The van der Waals surface area contributed by atoms with Gasteiger partial charge in [0, 0.05) is 5.56 Å². The predicted octanol–water partition coefficient (Wildman–Crippen LogP) is 3.00. The van der Waals surface area contributed by atoms with E-state index in [9.17, 15) is 26.4 Å². The van der Waals surface area contributed by atoms with Crippen molar-refractivity contribution in [2.24, 2.45) is 5.14 Å². The van der Waals surface area contributed by atoms with Crippen molar-refractivity contribution >= 4 is 27.1 Å². The Morgan fingerprint density at radius 3 is 2.11 bits per heavy atom. The van der Waals surface area contributed by atoms with Crippen LogP contribution in [0.25, 0.3) is 11.3 Å². The highest BCUT2D eigenvalue weighted by Gasteiger charge is 2.44. The summed E-state index contributed by atoms with van der Waals surface area (Å²) in [6.45, 7) is 2.80. The molecule has 1 aliphatic rings. The first-order valence-electron chi connectivity index (χ1n) is 7.68. The zero-order valence-electron chi connectivity index (χ0n) is 14.2. The van der Waals surface area contributed by atoms with Gasteiger partial charge in [0.05, 0.1) is 11.1 Å². The van der Waals surface area contributed by atoms with Crippen LogP contribution in [-0.4, -0.2) is 19.8 Å². The van der Waals surface area contributed by atoms with E-state index in [2.05, 4.69) is 0 Å². The minimum absolute atomic E-state index is 0.0588. The molecule has 0 bridgehead atoms. The quantitative estimate of drug-likeness (QED) is 0.863. The summed E-state index contributed by atoms with van der Waals surface area (Å²) >= 11 is 0. The van der Waals surface area contributed by atoms with Crippen LogP contribution in [0.5, 0.6) is 0 Å². The Morgan fingerprint density at radius 1 is 1.00 bits per heavy atom. The Hall–Kier alpha value is -2.65. The summed E-state index contributed by atoms with van der Waals surface area (Å²) in [5, 5.41) is 4.92. The van der Waals surface area contributed by atoms with E-state index in [0.717, 1.165) is 36.4 Å². The molecule has 0 spiro atoms. The van der Waals surface area contributed by atoms with Crippen molar-refractivity contribution < 1.29 is 31.1 Å². The molecule has 2 N–H and O–H groups in total. The van der Waals surface area contributed by atoms with Crippen molar-refractivity contribution in [3.8, 4) is 0 Å². The van der Waals surface area contributed by atoms with E-state index in [4.69, 9.17) is 9.88 Å². The molecule has 142 valence electrons. The lowest BCUT2D eigenvalue weighted by Gasteiger charge is -2.18. The summed E-state index contributed by atoms with van der Waals surface area (Å²) in [5.74, 6) is -4.11. The molecule has 0 saturated heterocycles. The zero-order valence-corrected chi connectivity index (χ0v) is 15.0. The Balaban J connectivity index is 2.29. The average Bonchev–Trinajstić information content (AvgIpc) is 2.77. The number of carbonyl (C=O) groups is 1. The number of hydrogen-bond donors (Lipinski definition) is 1. The maximum Gasteiger partial charge on any atom is 0.240 e. The van der Waals surface area contributed by atoms with Gasteiger partial charge in [0.25, 0.3) is 0 Å². The SMILES string of the molecule is CC1(C)OC(c2ccc(S(N)(=O)=O)c(F)c2)=C(c2c(F)cccc2F)C1=O. The monoisotopic (exact) mass is 397 g/mol. The number of ether oxygens (including phenoxy) is 1. The summed E-state index contributed by atoms with van der Waals surface area (Å²) in [5.41, 5.74) is -2.50. The van der Waals surface area contributed by atoms with Crippen molar-refractivity contribution in [1.82, 2.24) is 0 Å². The van der Waals surface area contributed by atoms with Gasteiger partial charge in [0.1, 0.15) is 28.1 Å². The molecule has 0 radical (unpaired) electrons. The number of primary sulfonamides is 1. The average molecular weight is 397 g/mol. The Bertz CT molecular complexity index is 1090. The molecular formula is C18H14F3NO4S. The van der Waals surface area contributed by atoms with E-state index < -0.39 is 54.9 Å². The van der Waals surface area contributed by atoms with Gasteiger partial charge in [0.2, 0.25) is 15.8 Å². The standard InChI is InChI=1S/C18H14F3NO4S/c1-18(2)17(23)15(14-10(19)4-3-5-11(14)20)16(26-18)9-6-7-13(12(21)8-9)27(22,24)25/h3-8H,1-2H3,(H2,22,24,25). The summed E-state index contributed by atoms with van der Waals surface area (Å²) in [6, 6.07) is 5.91. The molecule has 5 nitrogen and oxygen atoms in total. The zero-order chi connectivity index (χ0) is 20.1. The number of ketones is 1. The summed E-state index contributed by atoms with van der Waals surface area (Å²) in [6.07, 6.45) is 0. The van der Waals surface area contributed by atoms with Gasteiger partial charge in [-0.2, -0.15) is 0 Å². The second-order valence-corrected chi connectivity index (χ2v) is 7.96. The van der Waals surface area contributed by atoms with Crippen LogP contribution in [0.15, 0.2) is 41.3 Å². The lowest BCUT2D eigenvalue weighted by Crippen LogP contribution is -2.29. The molecule has 0 unspecified atom stereocenters. The highest BCUT2D eigenvalue weighted by molar-refractivity contribution is 7.89. The Kier molecular flexibility index (Phi) is 4.40. The first kappa shape index (κ1) is 19.1. The molecule has 27 heavy (non-hydrogen) atoms. The molecule has 0 aromatic heterocycles. The van der Waals surface area contributed by atoms with Crippen LogP contribution in [0.4, 0.5) is 13.2 Å². The highest BCUT2D eigenvalue weighted by Crippen LogP contribution is 2.43. The number of benzene rings is 2. The van der Waals surface area contributed by atoms with E-state index in [-0.39, 0.29) is 11.3 Å². The molecule has 0 amide bonds. The summed E-state index contributed by atoms with van der Waals surface area (Å²) < 4.78 is 71.0. The third-order valence-electron chi connectivity index (χ3n) is 4.07. The minimum Gasteiger partial charge on any atom is -0.478 e. The van der Waals surface area contributed by atoms with Crippen molar-refractivity contribution in [3.05, 3.63) is 65.0 Å². The van der Waals surface area contributed by atoms with Crippen molar-refractivity contribution in [3.63, 3.8) is 0 Å². The van der Waals surface area contributed by atoms with Crippen LogP contribution >= 0.6 is 0 Å². The molecule has 1 aliphatic heterocycles. The first-order chi connectivity index (χ1) is 12.4. The highest BCUT2D eigenvalue weighted by atomic mass is 32.2. The maximum absolute atomic E-state index is 14.3. The van der Waals surface area contributed by atoms with Crippen LogP contribution in [0, 0.1) is 17.5 Å². The molecule has 0 saturated carbocycles. The number of halogens is 3. The van der Waals surface area contributed by atoms with Gasteiger partial charge in [-0.25, -0.2) is 26.7 Å². The predicted molar refractivity (Wildman–Crippen MR) is 91.1 cm³/mol. The van der Waals surface area contributed by atoms with Crippen molar-refractivity contribution in [2.75, 3.05) is 0 Å². The van der Waals surface area contributed by atoms with Gasteiger partial charge < -0.3 is 4.74 Å². The molecule has 2 aromatic rings. The van der Waals surface area contributed by atoms with E-state index in [1.54, 1.807) is 0 Å². The fraction of sp³-hybridized carbons (Fsp3) is 0.167. The maximum atomic E-state index is 14.3. The molecule has 1 heterocycles. The third-order valence-corrected chi connectivity index (χ3v) is 5.02. The number of carbonyl (C=O) groups excluding carboxylic acids is 1. The summed E-state index contributed by atoms with van der Waals surface area (Å²) in [4.78, 5) is 11.9. The number of nitrogens with two attached hydrogens (primary N) is 1. The molecule has 9 heteroatoms. The van der Waals surface area contributed by atoms with Gasteiger partial charge in [-0.3, -0.25) is 4.79 Å². The molecule has 0 fully saturated rings. The topological polar surface area (TPSA) is 86.5 Å². The van der Waals surface area contributed by atoms with Crippen molar-refractivity contribution in [1.29, 1.82) is 0 Å². The second-order valence-electron chi connectivity index (χ2n) is 6.43. The van der Waals surface area contributed by atoms with Crippen LogP contribution in [-0.2, 0) is 19.6 Å². The van der Waals surface area contributed by atoms with Gasteiger partial charge in [0.15, 0.2) is 5.60 Å². The van der Waals surface area contributed by atoms with Crippen LogP contribution in [0.2, 0.25) is 0 Å². The molecule has 0 atom stereocenters. The number of sulfonamides is 1. The van der Waals surface area contributed by atoms with Crippen LogP contribution < -0.4 is 5.14 Å².